The van der Waals surface area contributed by atoms with E-state index in [-0.39, 0.29) is 0 Å². The lowest BCUT2D eigenvalue weighted by Crippen LogP contribution is -2.45. The first-order valence-corrected chi connectivity index (χ1v) is 5.90. The Bertz CT molecular complexity index is 449. The van der Waals surface area contributed by atoms with E-state index in [2.05, 4.69) is 5.32 Å². The van der Waals surface area contributed by atoms with Crippen LogP contribution >= 0.6 is 0 Å². The van der Waals surface area contributed by atoms with Crippen LogP contribution < -0.4 is 5.32 Å². The van der Waals surface area contributed by atoms with E-state index in [4.69, 9.17) is 5.26 Å². The number of nitrogens with one attached hydrogen (secondary N) is 1. The topological polar surface area (TPSA) is 73.2 Å². The summed E-state index contributed by atoms with van der Waals surface area (Å²) >= 11 is 0. The molecule has 0 aromatic carbocycles. The highest BCUT2D eigenvalue weighted by atomic mass is 19.4. The zero-order valence-corrected chi connectivity index (χ0v) is 9.96. The summed E-state index contributed by atoms with van der Waals surface area (Å²) in [6, 6.07) is 0.253. The van der Waals surface area contributed by atoms with Gasteiger partial charge in [0.15, 0.2) is 5.92 Å². The molecule has 1 aliphatic heterocycles. The largest absolute Gasteiger partial charge is 0.406 e. The number of hydrogen-bond donors (Lipinski definition) is 1. The quantitative estimate of drug-likeness (QED) is 0.777. The summed E-state index contributed by atoms with van der Waals surface area (Å²) in [5, 5.41) is 11.0. The monoisotopic (exact) mass is 275 g/mol. The van der Waals surface area contributed by atoms with Gasteiger partial charge in [0.2, 0.25) is 0 Å². The summed E-state index contributed by atoms with van der Waals surface area (Å²) in [5.74, 6) is -2.99. The molecule has 1 spiro atoms. The van der Waals surface area contributed by atoms with Crippen LogP contribution in [-0.2, 0) is 4.79 Å². The molecule has 0 aromatic rings. The number of carbonyl (C=O) groups excluding carboxylic acids is 2. The third kappa shape index (κ3) is 2.25. The molecule has 1 saturated heterocycles. The van der Waals surface area contributed by atoms with Crippen LogP contribution in [0.2, 0.25) is 0 Å². The lowest BCUT2D eigenvalue weighted by Gasteiger charge is -2.21. The first-order chi connectivity index (χ1) is 8.80. The molecule has 2 rings (SSSR count). The average Bonchev–Trinajstić information content (AvgIpc) is 2.84. The van der Waals surface area contributed by atoms with Crippen molar-refractivity contribution >= 4 is 11.9 Å². The Labute approximate surface area is 107 Å². The van der Waals surface area contributed by atoms with Crippen LogP contribution in [-0.4, -0.2) is 35.1 Å². The summed E-state index contributed by atoms with van der Waals surface area (Å²) in [5.41, 5.74) is -1.04. The van der Waals surface area contributed by atoms with Gasteiger partial charge in [0.25, 0.3) is 5.91 Å². The average molecular weight is 275 g/mol. The van der Waals surface area contributed by atoms with Gasteiger partial charge >= 0.3 is 12.2 Å². The Balaban J connectivity index is 2.16. The zero-order valence-electron chi connectivity index (χ0n) is 9.96. The highest BCUT2D eigenvalue weighted by Crippen LogP contribution is 2.36. The van der Waals surface area contributed by atoms with E-state index in [0.717, 1.165) is 18.9 Å². The van der Waals surface area contributed by atoms with Crippen molar-refractivity contribution in [3.8, 4) is 6.07 Å². The van der Waals surface area contributed by atoms with Crippen LogP contribution in [0.1, 0.15) is 25.7 Å². The van der Waals surface area contributed by atoms with Gasteiger partial charge in [-0.25, -0.2) is 4.79 Å². The van der Waals surface area contributed by atoms with Gasteiger partial charge in [0.05, 0.1) is 12.6 Å². The number of urea groups is 1. The predicted molar refractivity (Wildman–Crippen MR) is 56.6 cm³/mol. The van der Waals surface area contributed by atoms with Crippen LogP contribution in [0.4, 0.5) is 18.0 Å². The van der Waals surface area contributed by atoms with Crippen LogP contribution in [0, 0.1) is 17.2 Å². The molecule has 5 nitrogen and oxygen atoms in total. The molecule has 1 unspecified atom stereocenters. The number of amides is 3. The Morgan fingerprint density at radius 2 is 1.95 bits per heavy atom. The maximum atomic E-state index is 12.5. The molecule has 1 saturated carbocycles. The van der Waals surface area contributed by atoms with Gasteiger partial charge in [-0.1, -0.05) is 12.8 Å². The van der Waals surface area contributed by atoms with Gasteiger partial charge in [-0.05, 0) is 12.8 Å². The highest BCUT2D eigenvalue weighted by molar-refractivity contribution is 6.07. The van der Waals surface area contributed by atoms with Gasteiger partial charge in [-0.15, -0.1) is 0 Å². The van der Waals surface area contributed by atoms with Crippen molar-refractivity contribution in [3.63, 3.8) is 0 Å². The van der Waals surface area contributed by atoms with E-state index >= 15 is 0 Å². The van der Waals surface area contributed by atoms with Crippen LogP contribution in [0.5, 0.6) is 0 Å². The molecule has 8 heteroatoms. The fraction of sp³-hybridized carbons (Fsp3) is 0.727. The van der Waals surface area contributed by atoms with E-state index in [1.165, 1.54) is 0 Å². The molecule has 1 N–H and O–H groups in total. The minimum Gasteiger partial charge on any atom is -0.323 e. The standard InChI is InChI=1S/C11H12F3N3O2/c12-11(13,14)7(5-15)6-17-8(18)10(16-9(17)19)3-1-2-4-10/h7H,1-4,6H2,(H,16,19). The molecule has 0 radical (unpaired) electrons. The Morgan fingerprint density at radius 3 is 2.42 bits per heavy atom. The summed E-state index contributed by atoms with van der Waals surface area (Å²) in [4.78, 5) is 24.2. The Morgan fingerprint density at radius 1 is 1.37 bits per heavy atom. The summed E-state index contributed by atoms with van der Waals surface area (Å²) < 4.78 is 37.5. The maximum Gasteiger partial charge on any atom is 0.406 e. The molecule has 104 valence electrons. The van der Waals surface area contributed by atoms with Crippen LogP contribution in [0.3, 0.4) is 0 Å². The van der Waals surface area contributed by atoms with Crippen molar-refractivity contribution in [1.29, 1.82) is 5.26 Å². The SMILES string of the molecule is N#CC(CN1C(=O)NC2(CCCC2)C1=O)C(F)(F)F. The van der Waals surface area contributed by atoms with E-state index in [9.17, 15) is 22.8 Å². The smallest absolute Gasteiger partial charge is 0.323 e. The Kier molecular flexibility index (Phi) is 3.16. The Hall–Kier alpha value is -1.78. The van der Waals surface area contributed by atoms with Gasteiger partial charge in [-0.3, -0.25) is 9.69 Å². The van der Waals surface area contributed by atoms with Gasteiger partial charge in [-0.2, -0.15) is 18.4 Å². The molecule has 0 aromatic heterocycles. The normalized spacial score (nSPS) is 23.6. The lowest BCUT2D eigenvalue weighted by atomic mass is 9.98. The second-order valence-corrected chi connectivity index (χ2v) is 4.86. The molecule has 2 aliphatic rings. The molecule has 3 amide bonds. The number of halogens is 3. The van der Waals surface area contributed by atoms with E-state index in [0.29, 0.717) is 17.7 Å². The number of alkyl halides is 3. The third-order valence-corrected chi connectivity index (χ3v) is 3.62. The summed E-state index contributed by atoms with van der Waals surface area (Å²) in [7, 11) is 0. The first-order valence-electron chi connectivity index (χ1n) is 5.90. The van der Waals surface area contributed by atoms with Crippen molar-refractivity contribution in [1.82, 2.24) is 10.2 Å². The number of rotatable bonds is 2. The molecule has 2 fully saturated rings. The third-order valence-electron chi connectivity index (χ3n) is 3.62. The highest BCUT2D eigenvalue weighted by Gasteiger charge is 2.54. The predicted octanol–water partition coefficient (Wildman–Crippen LogP) is 1.55. The van der Waals surface area contributed by atoms with Crippen molar-refractivity contribution in [2.24, 2.45) is 5.92 Å². The second kappa shape index (κ2) is 4.40. The molecular weight excluding hydrogens is 263 g/mol. The van der Waals surface area contributed by atoms with E-state index in [1.54, 1.807) is 0 Å². The van der Waals surface area contributed by atoms with Gasteiger partial charge in [0, 0.05) is 0 Å². The second-order valence-electron chi connectivity index (χ2n) is 4.86. The molecule has 19 heavy (non-hydrogen) atoms. The van der Waals surface area contributed by atoms with Crippen LogP contribution in [0.25, 0.3) is 0 Å². The molecular formula is C11H12F3N3O2. The maximum absolute atomic E-state index is 12.5. The molecule has 1 heterocycles. The minimum absolute atomic E-state index is 0.442. The number of nitriles is 1. The van der Waals surface area contributed by atoms with Crippen molar-refractivity contribution in [2.45, 2.75) is 37.4 Å². The summed E-state index contributed by atoms with van der Waals surface area (Å²) in [6.45, 7) is -0.938. The van der Waals surface area contributed by atoms with Gasteiger partial charge < -0.3 is 5.32 Å². The van der Waals surface area contributed by atoms with Crippen molar-refractivity contribution in [3.05, 3.63) is 0 Å². The number of nitrogens with zero attached hydrogens (tertiary/aromatic N) is 2. The molecule has 1 atom stereocenters. The molecule has 0 bridgehead atoms. The summed E-state index contributed by atoms with van der Waals surface area (Å²) in [6.07, 6.45) is -2.36. The number of imide groups is 1. The van der Waals surface area contributed by atoms with Crippen molar-refractivity contribution in [2.75, 3.05) is 6.54 Å². The minimum atomic E-state index is -4.75. The van der Waals surface area contributed by atoms with E-state index in [1.807, 2.05) is 0 Å². The fourth-order valence-electron chi connectivity index (χ4n) is 2.56. The van der Waals surface area contributed by atoms with Crippen LogP contribution in [0.15, 0.2) is 0 Å². The first kappa shape index (κ1) is 13.6. The fourth-order valence-corrected chi connectivity index (χ4v) is 2.56. The number of hydrogen-bond acceptors (Lipinski definition) is 3. The zero-order chi connectivity index (χ0) is 14.3. The van der Waals surface area contributed by atoms with E-state index < -0.39 is 36.1 Å². The van der Waals surface area contributed by atoms with Crippen molar-refractivity contribution < 1.29 is 22.8 Å². The lowest BCUT2D eigenvalue weighted by molar-refractivity contribution is -0.163. The molecule has 1 aliphatic carbocycles. The van der Waals surface area contributed by atoms with Gasteiger partial charge in [0.1, 0.15) is 5.54 Å². The number of carbonyl (C=O) groups is 2.